The molecule has 16 heteroatoms. The SMILES string of the molecule is C=CC(=O)OCOc1ccc(C(=O)OC2CCC(OC(=O)Oc3cccc4c3C3(CC4)CCc4cccc(OC(=O)OC5CCC(OC(=O)c6ccc(OCOC(=O)C=C)cc6)CC5)c43)CC2)cc1. The Hall–Kier alpha value is -7.62. The van der Waals surface area contributed by atoms with Crippen molar-refractivity contribution in [1.82, 2.24) is 0 Å². The first-order valence-corrected chi connectivity index (χ1v) is 23.0. The van der Waals surface area contributed by atoms with E-state index in [9.17, 15) is 28.8 Å². The molecule has 4 aliphatic rings. The minimum absolute atomic E-state index is 0.291. The van der Waals surface area contributed by atoms with Crippen molar-refractivity contribution in [1.29, 1.82) is 0 Å². The van der Waals surface area contributed by atoms with Gasteiger partial charge in [0.2, 0.25) is 13.6 Å². The van der Waals surface area contributed by atoms with Gasteiger partial charge in [-0.25, -0.2) is 28.8 Å². The molecule has 0 N–H and O–H groups in total. The monoisotopic (exact) mass is 944 g/mol. The van der Waals surface area contributed by atoms with E-state index in [1.54, 1.807) is 60.7 Å². The number of carbonyl (C=O) groups excluding carboxylic acids is 6. The van der Waals surface area contributed by atoms with Crippen LogP contribution in [0.2, 0.25) is 0 Å². The van der Waals surface area contributed by atoms with Crippen LogP contribution in [-0.2, 0) is 56.3 Å². The number of ether oxygens (including phenoxy) is 10. The van der Waals surface area contributed by atoms with E-state index in [0.29, 0.717) is 85.5 Å². The Morgan fingerprint density at radius 2 is 0.855 bits per heavy atom. The highest BCUT2D eigenvalue weighted by molar-refractivity contribution is 5.90. The molecule has 0 unspecified atom stereocenters. The second kappa shape index (κ2) is 22.0. The van der Waals surface area contributed by atoms with Crippen molar-refractivity contribution < 1.29 is 76.1 Å². The molecule has 0 atom stereocenters. The minimum Gasteiger partial charge on any atom is -0.459 e. The van der Waals surface area contributed by atoms with E-state index < -0.39 is 53.8 Å². The van der Waals surface area contributed by atoms with E-state index in [-0.39, 0.29) is 25.8 Å². The summed E-state index contributed by atoms with van der Waals surface area (Å²) >= 11 is 0. The lowest BCUT2D eigenvalue weighted by Crippen LogP contribution is -2.31. The van der Waals surface area contributed by atoms with Gasteiger partial charge in [-0.1, -0.05) is 37.4 Å². The second-order valence-corrected chi connectivity index (χ2v) is 17.1. The Labute approximate surface area is 398 Å². The van der Waals surface area contributed by atoms with Crippen LogP contribution in [0.3, 0.4) is 0 Å². The first-order valence-electron chi connectivity index (χ1n) is 23.0. The molecule has 360 valence electrons. The Kier molecular flexibility index (Phi) is 15.3. The van der Waals surface area contributed by atoms with E-state index >= 15 is 0 Å². The maximum absolute atomic E-state index is 13.4. The van der Waals surface area contributed by atoms with Gasteiger partial charge in [0.25, 0.3) is 0 Å². The van der Waals surface area contributed by atoms with Gasteiger partial charge in [0.15, 0.2) is 0 Å². The molecule has 0 amide bonds. The van der Waals surface area contributed by atoms with Gasteiger partial charge in [0.05, 0.1) is 11.1 Å². The molecule has 2 saturated carbocycles. The molecule has 2 fully saturated rings. The quantitative estimate of drug-likeness (QED) is 0.0338. The third-order valence-corrected chi connectivity index (χ3v) is 12.9. The molecular formula is C53H52O16. The molecule has 0 aliphatic heterocycles. The van der Waals surface area contributed by atoms with Gasteiger partial charge < -0.3 is 47.4 Å². The van der Waals surface area contributed by atoms with E-state index in [4.69, 9.17) is 47.4 Å². The van der Waals surface area contributed by atoms with Crippen LogP contribution >= 0.6 is 0 Å². The van der Waals surface area contributed by atoms with Crippen molar-refractivity contribution in [2.75, 3.05) is 13.6 Å². The number of rotatable bonds is 16. The standard InChI is InChI=1S/C53H52O16/c1-3-45(54)62-31-60-37-15-11-35(12-16-37)49(56)64-39-19-23-41(24-20-39)66-51(58)68-43-9-5-7-33-27-29-53(47(33)43)30-28-34-8-6-10-44(48(34)53)69-52(59)67-42-25-21-40(22-26-42)65-50(57)36-13-17-38(18-14-36)61-32-63-46(55)4-2/h3-18,39-42H,1-2,19-32H2. The fourth-order valence-electron chi connectivity index (χ4n) is 9.55. The van der Waals surface area contributed by atoms with Crippen molar-refractivity contribution in [3.8, 4) is 23.0 Å². The largest absolute Gasteiger partial charge is 0.514 e. The van der Waals surface area contributed by atoms with E-state index in [0.717, 1.165) is 60.1 Å². The molecule has 0 heterocycles. The van der Waals surface area contributed by atoms with E-state index in [2.05, 4.69) is 13.2 Å². The maximum Gasteiger partial charge on any atom is 0.514 e. The zero-order valence-corrected chi connectivity index (χ0v) is 37.9. The molecule has 8 rings (SSSR count). The molecule has 0 saturated heterocycles. The lowest BCUT2D eigenvalue weighted by atomic mass is 9.76. The number of hydrogen-bond acceptors (Lipinski definition) is 16. The van der Waals surface area contributed by atoms with Gasteiger partial charge in [0.1, 0.15) is 47.4 Å². The summed E-state index contributed by atoms with van der Waals surface area (Å²) in [6.07, 6.45) is 5.66. The van der Waals surface area contributed by atoms with E-state index in [1.165, 1.54) is 0 Å². The first kappa shape index (κ1) is 47.9. The van der Waals surface area contributed by atoms with Gasteiger partial charge in [0, 0.05) is 28.7 Å². The smallest absolute Gasteiger partial charge is 0.459 e. The predicted octanol–water partition coefficient (Wildman–Crippen LogP) is 9.36. The summed E-state index contributed by atoms with van der Waals surface area (Å²) in [7, 11) is 0. The summed E-state index contributed by atoms with van der Waals surface area (Å²) in [6, 6.07) is 23.8. The third kappa shape index (κ3) is 11.7. The predicted molar refractivity (Wildman–Crippen MR) is 244 cm³/mol. The molecule has 69 heavy (non-hydrogen) atoms. The van der Waals surface area contributed by atoms with Crippen LogP contribution in [0.4, 0.5) is 9.59 Å². The summed E-state index contributed by atoms with van der Waals surface area (Å²) < 4.78 is 55.4. The van der Waals surface area contributed by atoms with E-state index in [1.807, 2.05) is 24.3 Å². The van der Waals surface area contributed by atoms with Gasteiger partial charge in [-0.05, 0) is 149 Å². The Balaban J connectivity index is 0.811. The van der Waals surface area contributed by atoms with Crippen LogP contribution in [0.15, 0.2) is 110 Å². The molecule has 0 radical (unpaired) electrons. The molecule has 4 aliphatic carbocycles. The molecule has 4 aromatic rings. The lowest BCUT2D eigenvalue weighted by Gasteiger charge is -2.30. The third-order valence-electron chi connectivity index (χ3n) is 12.9. The molecular weight excluding hydrogens is 893 g/mol. The summed E-state index contributed by atoms with van der Waals surface area (Å²) in [5.41, 5.74) is 3.92. The highest BCUT2D eigenvalue weighted by Gasteiger charge is 2.49. The minimum atomic E-state index is -0.825. The number of carbonyl (C=O) groups is 6. The van der Waals surface area contributed by atoms with Crippen molar-refractivity contribution in [3.05, 3.63) is 144 Å². The highest BCUT2D eigenvalue weighted by Crippen LogP contribution is 2.57. The summed E-state index contributed by atoms with van der Waals surface area (Å²) in [4.78, 5) is 75.0. The van der Waals surface area contributed by atoms with Crippen molar-refractivity contribution >= 4 is 36.2 Å². The maximum atomic E-state index is 13.4. The zero-order valence-electron chi connectivity index (χ0n) is 37.9. The molecule has 16 nitrogen and oxygen atoms in total. The van der Waals surface area contributed by atoms with Gasteiger partial charge in [-0.3, -0.25) is 0 Å². The van der Waals surface area contributed by atoms with Crippen LogP contribution in [0.25, 0.3) is 0 Å². The average molecular weight is 945 g/mol. The molecule has 1 spiro atoms. The first-order chi connectivity index (χ1) is 33.5. The van der Waals surface area contributed by atoms with Crippen LogP contribution in [-0.4, -0.2) is 74.2 Å². The van der Waals surface area contributed by atoms with Crippen LogP contribution in [0.1, 0.15) is 107 Å². The summed E-state index contributed by atoms with van der Waals surface area (Å²) in [5.74, 6) is -0.599. The lowest BCUT2D eigenvalue weighted by molar-refractivity contribution is -0.145. The summed E-state index contributed by atoms with van der Waals surface area (Å²) in [6.45, 7) is 6.07. The van der Waals surface area contributed by atoms with Gasteiger partial charge >= 0.3 is 36.2 Å². The average Bonchev–Trinajstić information content (AvgIpc) is 3.94. The number of hydrogen-bond donors (Lipinski definition) is 0. The van der Waals surface area contributed by atoms with Crippen LogP contribution in [0.5, 0.6) is 23.0 Å². The van der Waals surface area contributed by atoms with Crippen molar-refractivity contribution in [3.63, 3.8) is 0 Å². The summed E-state index contributed by atoms with van der Waals surface area (Å²) in [5, 5.41) is 0. The molecule has 0 bridgehead atoms. The molecule has 0 aromatic heterocycles. The van der Waals surface area contributed by atoms with Crippen LogP contribution in [0, 0.1) is 0 Å². The Bertz CT molecular complexity index is 2370. The Morgan fingerprint density at radius 3 is 1.22 bits per heavy atom. The molecule has 4 aromatic carbocycles. The van der Waals surface area contributed by atoms with Crippen molar-refractivity contribution in [2.45, 2.75) is 107 Å². The topological polar surface area (TPSA) is 195 Å². The number of aryl methyl sites for hydroxylation is 2. The zero-order chi connectivity index (χ0) is 48.3. The number of esters is 4. The van der Waals surface area contributed by atoms with Gasteiger partial charge in [-0.2, -0.15) is 0 Å². The fraction of sp³-hybridized carbons (Fsp3) is 0.358. The number of fused-ring (bicyclic) bond motifs is 4. The van der Waals surface area contributed by atoms with Crippen molar-refractivity contribution in [2.24, 2.45) is 0 Å². The number of benzene rings is 4. The van der Waals surface area contributed by atoms with Crippen LogP contribution < -0.4 is 18.9 Å². The normalized spacial score (nSPS) is 21.0. The second-order valence-electron chi connectivity index (χ2n) is 17.1. The fourth-order valence-corrected chi connectivity index (χ4v) is 9.55. The van der Waals surface area contributed by atoms with Gasteiger partial charge in [-0.15, -0.1) is 0 Å². The highest BCUT2D eigenvalue weighted by atomic mass is 16.7. The Morgan fingerprint density at radius 1 is 0.493 bits per heavy atom.